The third-order valence-electron chi connectivity index (χ3n) is 10.8. The summed E-state index contributed by atoms with van der Waals surface area (Å²) in [7, 11) is 0. The number of nitrogens with one attached hydrogen (secondary N) is 2. The van der Waals surface area contributed by atoms with Crippen LogP contribution in [-0.4, -0.2) is 130 Å². The molecule has 1 aliphatic heterocycles. The van der Waals surface area contributed by atoms with Gasteiger partial charge in [0.1, 0.15) is 37.4 Å². The van der Waals surface area contributed by atoms with Gasteiger partial charge in [-0.2, -0.15) is 0 Å². The topological polar surface area (TPSA) is 288 Å². The van der Waals surface area contributed by atoms with Crippen molar-refractivity contribution in [2.45, 2.75) is 70.9 Å². The number of benzene rings is 4. The smallest absolute Gasteiger partial charge is 0.463 e. The van der Waals surface area contributed by atoms with Gasteiger partial charge in [-0.05, 0) is 52.1 Å². The zero-order valence-corrected chi connectivity index (χ0v) is 40.1. The van der Waals surface area contributed by atoms with Crippen LogP contribution in [0, 0.1) is 10.1 Å². The number of amides is 2. The van der Waals surface area contributed by atoms with Crippen LogP contribution >= 0.6 is 0 Å². The Hall–Kier alpha value is -8.15. The second kappa shape index (κ2) is 26.3. The summed E-state index contributed by atoms with van der Waals surface area (Å²) in [5.74, 6) is -4.40. The molecule has 388 valence electrons. The fourth-order valence-electron chi connectivity index (χ4n) is 7.79. The van der Waals surface area contributed by atoms with Crippen molar-refractivity contribution in [2.75, 3.05) is 52.7 Å². The van der Waals surface area contributed by atoms with Gasteiger partial charge in [-0.3, -0.25) is 34.1 Å². The van der Waals surface area contributed by atoms with E-state index < -0.39 is 90.9 Å². The Bertz CT molecular complexity index is 2580. The van der Waals surface area contributed by atoms with Crippen LogP contribution < -0.4 is 20.1 Å². The summed E-state index contributed by atoms with van der Waals surface area (Å²) in [5, 5.41) is 16.4. The quantitative estimate of drug-likeness (QED) is 0.0245. The molecule has 2 amide bonds. The molecule has 1 saturated heterocycles. The Morgan fingerprint density at radius 1 is 0.630 bits per heavy atom. The molecule has 0 aromatic heterocycles. The summed E-state index contributed by atoms with van der Waals surface area (Å²) < 4.78 is 60.9. The summed E-state index contributed by atoms with van der Waals surface area (Å²) in [4.78, 5) is 98.2. The normalized spacial score (nSPS) is 17.6. The third kappa shape index (κ3) is 15.7. The van der Waals surface area contributed by atoms with Gasteiger partial charge in [0.05, 0.1) is 36.9 Å². The first kappa shape index (κ1) is 54.2. The molecule has 2 aliphatic rings. The van der Waals surface area contributed by atoms with Gasteiger partial charge in [-0.15, -0.1) is 0 Å². The summed E-state index contributed by atoms with van der Waals surface area (Å²) in [6.45, 7) is 4.08. The number of hydrogen-bond acceptors (Lipinski definition) is 20. The average molecular weight is 1020 g/mol. The molecule has 0 saturated carbocycles. The van der Waals surface area contributed by atoms with Gasteiger partial charge in [-0.25, -0.2) is 9.59 Å². The minimum atomic E-state index is -1.71. The van der Waals surface area contributed by atoms with E-state index in [2.05, 4.69) is 22.8 Å². The molecule has 0 unspecified atom stereocenters. The molecule has 6 rings (SSSR count). The van der Waals surface area contributed by atoms with Crippen LogP contribution in [0.2, 0.25) is 0 Å². The van der Waals surface area contributed by atoms with Crippen LogP contribution in [0.3, 0.4) is 0 Å². The summed E-state index contributed by atoms with van der Waals surface area (Å²) in [5.41, 5.74) is 4.28. The van der Waals surface area contributed by atoms with Crippen molar-refractivity contribution in [1.29, 1.82) is 0 Å². The Balaban J connectivity index is 1.05. The largest absolute Gasteiger partial charge is 0.514 e. The Morgan fingerprint density at radius 3 is 1.82 bits per heavy atom. The molecule has 1 fully saturated rings. The van der Waals surface area contributed by atoms with Crippen molar-refractivity contribution < 1.29 is 90.6 Å². The van der Waals surface area contributed by atoms with Crippen molar-refractivity contribution in [2.24, 2.45) is 0 Å². The van der Waals surface area contributed by atoms with E-state index in [9.17, 15) is 43.7 Å². The number of ether oxygens (including phenoxy) is 11. The number of carbonyl (C=O) groups excluding carboxylic acids is 7. The third-order valence-corrected chi connectivity index (χ3v) is 10.8. The number of carbonyl (C=O) groups is 7. The molecule has 73 heavy (non-hydrogen) atoms. The first-order valence-electron chi connectivity index (χ1n) is 22.8. The highest BCUT2D eigenvalue weighted by Gasteiger charge is 2.53. The molecule has 1 aliphatic carbocycles. The van der Waals surface area contributed by atoms with Gasteiger partial charge in [-0.1, -0.05) is 54.6 Å². The lowest BCUT2D eigenvalue weighted by atomic mass is 9.98. The van der Waals surface area contributed by atoms with Crippen molar-refractivity contribution >= 4 is 47.7 Å². The molecule has 23 heteroatoms. The predicted molar refractivity (Wildman–Crippen MR) is 250 cm³/mol. The minimum absolute atomic E-state index is 0.0142. The molecule has 4 aromatic rings. The van der Waals surface area contributed by atoms with E-state index in [1.165, 1.54) is 30.3 Å². The molecule has 0 bridgehead atoms. The molecule has 1 heterocycles. The van der Waals surface area contributed by atoms with E-state index >= 15 is 0 Å². The Labute approximate surface area is 417 Å². The summed E-state index contributed by atoms with van der Waals surface area (Å²) in [6.07, 6.45) is -9.51. The molecule has 23 nitrogen and oxygen atoms in total. The number of nitrogens with zero attached hydrogens (tertiary/aromatic N) is 1. The molecule has 0 radical (unpaired) electrons. The standard InChI is InChI=1S/C50H53N3O20/c1-29(54)65-28-43-44(68-30(2)55)45(69-31(3)56)46(70-32(4)57)48(73-43)72-42-18-13-33(26-67-50(60)71-35-16-14-34(15-17-35)53(61)62)25-40(42)47(58)51-19-21-63-23-24-64-22-20-52-49(59)66-27-41-38-11-7-5-9-36(38)37-10-6-8-12-39(37)41/h5-18,25,41,43-46,48H,19-24,26-28H2,1-4H3,(H,51,58)(H,52,59)/t43-,44-,45+,46-,48-/m1/s1. The highest BCUT2D eigenvalue weighted by atomic mass is 16.7. The fourth-order valence-corrected chi connectivity index (χ4v) is 7.79. The number of esters is 4. The number of fused-ring (bicyclic) bond motifs is 3. The molecule has 2 N–H and O–H groups in total. The van der Waals surface area contributed by atoms with Gasteiger partial charge < -0.3 is 62.7 Å². The van der Waals surface area contributed by atoms with Crippen molar-refractivity contribution in [3.05, 3.63) is 123 Å². The molecule has 4 aromatic carbocycles. The first-order chi connectivity index (χ1) is 35.1. The van der Waals surface area contributed by atoms with Gasteiger partial charge in [0.25, 0.3) is 11.6 Å². The number of non-ortho nitro benzene ring substituents is 1. The predicted octanol–water partition coefficient (Wildman–Crippen LogP) is 5.07. The monoisotopic (exact) mass is 1020 g/mol. The maximum atomic E-state index is 13.9. The van der Waals surface area contributed by atoms with Crippen molar-refractivity contribution in [1.82, 2.24) is 10.6 Å². The van der Waals surface area contributed by atoms with E-state index in [1.54, 1.807) is 0 Å². The highest BCUT2D eigenvalue weighted by Crippen LogP contribution is 2.44. The second-order valence-electron chi connectivity index (χ2n) is 16.1. The maximum Gasteiger partial charge on any atom is 0.514 e. The van der Waals surface area contributed by atoms with Crippen LogP contribution in [0.15, 0.2) is 91.0 Å². The number of alkyl carbamates (subject to hydrolysis) is 1. The van der Waals surface area contributed by atoms with Crippen molar-refractivity contribution in [3.8, 4) is 22.6 Å². The SMILES string of the molecule is CC(=O)OC[C@H]1O[C@@H](Oc2ccc(COC(=O)Oc3ccc([N+](=O)[O-])cc3)cc2C(=O)NCCOCCOCCNC(=O)OCC2c3ccccc3-c3ccccc32)[C@H](OC(C)=O)[C@@H](OC(C)=O)[C@@H]1OC(C)=O. The lowest BCUT2D eigenvalue weighted by Crippen LogP contribution is -2.63. The van der Waals surface area contributed by atoms with E-state index in [0.717, 1.165) is 62.1 Å². The van der Waals surface area contributed by atoms with Gasteiger partial charge in [0.2, 0.25) is 12.4 Å². The van der Waals surface area contributed by atoms with Crippen LogP contribution in [0.4, 0.5) is 15.3 Å². The summed E-state index contributed by atoms with van der Waals surface area (Å²) >= 11 is 0. The van der Waals surface area contributed by atoms with E-state index in [-0.39, 0.29) is 80.4 Å². The van der Waals surface area contributed by atoms with Gasteiger partial charge >= 0.3 is 36.1 Å². The maximum absolute atomic E-state index is 13.9. The van der Waals surface area contributed by atoms with E-state index in [1.807, 2.05) is 36.4 Å². The zero-order chi connectivity index (χ0) is 52.4. The molecular formula is C50H53N3O20. The molecule has 0 spiro atoms. The number of hydrogen-bond donors (Lipinski definition) is 2. The first-order valence-corrected chi connectivity index (χ1v) is 22.8. The lowest BCUT2D eigenvalue weighted by molar-refractivity contribution is -0.384. The van der Waals surface area contributed by atoms with E-state index in [0.29, 0.717) is 0 Å². The summed E-state index contributed by atoms with van der Waals surface area (Å²) in [6, 6.07) is 24.7. The second-order valence-corrected chi connectivity index (χ2v) is 16.1. The number of rotatable bonds is 23. The average Bonchev–Trinajstić information content (AvgIpc) is 3.67. The van der Waals surface area contributed by atoms with Crippen LogP contribution in [0.25, 0.3) is 11.1 Å². The van der Waals surface area contributed by atoms with Crippen LogP contribution in [0.1, 0.15) is 60.7 Å². The number of nitro benzene ring substituents is 1. The minimum Gasteiger partial charge on any atom is -0.463 e. The lowest BCUT2D eigenvalue weighted by Gasteiger charge is -2.44. The van der Waals surface area contributed by atoms with Crippen LogP contribution in [-0.2, 0) is 68.4 Å². The fraction of sp³-hybridized carbons (Fsp3) is 0.380. The van der Waals surface area contributed by atoms with Crippen LogP contribution in [0.5, 0.6) is 11.5 Å². The Kier molecular flexibility index (Phi) is 19.6. The van der Waals surface area contributed by atoms with Gasteiger partial charge in [0, 0.05) is 58.8 Å². The zero-order valence-electron chi connectivity index (χ0n) is 40.1. The number of nitro groups is 1. The Morgan fingerprint density at radius 2 is 1.22 bits per heavy atom. The van der Waals surface area contributed by atoms with E-state index in [4.69, 9.17) is 52.1 Å². The van der Waals surface area contributed by atoms with Gasteiger partial charge in [0.15, 0.2) is 12.2 Å². The highest BCUT2D eigenvalue weighted by molar-refractivity contribution is 5.97. The molecule has 5 atom stereocenters. The van der Waals surface area contributed by atoms with Crippen molar-refractivity contribution in [3.63, 3.8) is 0 Å². The molecular weight excluding hydrogens is 963 g/mol.